The van der Waals surface area contributed by atoms with Gasteiger partial charge in [0.1, 0.15) is 12.0 Å². The zero-order chi connectivity index (χ0) is 15.2. The molecule has 1 aromatic heterocycles. The minimum Gasteiger partial charge on any atom is -0.493 e. The summed E-state index contributed by atoms with van der Waals surface area (Å²) in [6.07, 6.45) is 2.15. The minimum atomic E-state index is 0.249. The first-order valence-electron chi connectivity index (χ1n) is 6.36. The van der Waals surface area contributed by atoms with E-state index in [1.807, 2.05) is 18.2 Å². The summed E-state index contributed by atoms with van der Waals surface area (Å²) in [6, 6.07) is 5.81. The van der Waals surface area contributed by atoms with Gasteiger partial charge in [0.15, 0.2) is 22.5 Å². The molecule has 1 heterocycles. The van der Waals surface area contributed by atoms with Gasteiger partial charge in [-0.3, -0.25) is 0 Å². The summed E-state index contributed by atoms with van der Waals surface area (Å²) in [5.41, 5.74) is 7.25. The number of benzene rings is 1. The smallest absolute Gasteiger partial charge is 0.160 e. The van der Waals surface area contributed by atoms with Gasteiger partial charge in [-0.2, -0.15) is 0 Å². The molecule has 0 saturated heterocycles. The van der Waals surface area contributed by atoms with E-state index in [2.05, 4.69) is 15.3 Å². The number of nitrogens with two attached hydrogens (primary N) is 1. The van der Waals surface area contributed by atoms with Crippen LogP contribution in [0.4, 0.5) is 11.5 Å². The Morgan fingerprint density at radius 2 is 1.95 bits per heavy atom. The van der Waals surface area contributed by atoms with Crippen LogP contribution in [-0.2, 0) is 6.42 Å². The monoisotopic (exact) mass is 308 g/mol. The third-order valence-electron chi connectivity index (χ3n) is 2.99. The van der Waals surface area contributed by atoms with Gasteiger partial charge in [0.05, 0.1) is 14.2 Å². The lowest BCUT2D eigenvalue weighted by Gasteiger charge is -2.11. The number of ether oxygens (including phenoxy) is 2. The molecule has 0 aliphatic rings. The van der Waals surface area contributed by atoms with E-state index in [1.54, 1.807) is 14.2 Å². The van der Waals surface area contributed by atoms with Crippen molar-refractivity contribution in [1.29, 1.82) is 0 Å². The van der Waals surface area contributed by atoms with Crippen LogP contribution >= 0.6 is 11.6 Å². The highest BCUT2D eigenvalue weighted by Gasteiger charge is 2.07. The first-order valence-corrected chi connectivity index (χ1v) is 6.74. The van der Waals surface area contributed by atoms with Crippen molar-refractivity contribution in [2.45, 2.75) is 6.42 Å². The number of nitrogen functional groups attached to an aromatic ring is 1. The topological polar surface area (TPSA) is 82.3 Å². The van der Waals surface area contributed by atoms with Crippen LogP contribution < -0.4 is 20.5 Å². The molecule has 2 aromatic rings. The lowest BCUT2D eigenvalue weighted by molar-refractivity contribution is 0.354. The zero-order valence-electron chi connectivity index (χ0n) is 11.9. The maximum atomic E-state index is 5.84. The van der Waals surface area contributed by atoms with Gasteiger partial charge in [0.2, 0.25) is 0 Å². The number of hydrogen-bond acceptors (Lipinski definition) is 6. The maximum Gasteiger partial charge on any atom is 0.160 e. The fourth-order valence-electron chi connectivity index (χ4n) is 1.88. The standard InChI is InChI=1S/C14H17ClN4O2/c1-20-10-4-3-9(7-11(10)21-2)5-6-17-14-12(16)13(15)18-8-19-14/h3-4,7-8H,5-6,16H2,1-2H3,(H,17,18,19). The largest absolute Gasteiger partial charge is 0.493 e. The van der Waals surface area contributed by atoms with Crippen molar-refractivity contribution in [3.05, 3.63) is 35.2 Å². The van der Waals surface area contributed by atoms with Gasteiger partial charge in [-0.1, -0.05) is 17.7 Å². The molecular formula is C14H17ClN4O2. The van der Waals surface area contributed by atoms with Crippen LogP contribution in [0.15, 0.2) is 24.5 Å². The third kappa shape index (κ3) is 3.66. The SMILES string of the molecule is COc1ccc(CCNc2ncnc(Cl)c2N)cc1OC. The van der Waals surface area contributed by atoms with Gasteiger partial charge in [-0.15, -0.1) is 0 Å². The number of rotatable bonds is 6. The lowest BCUT2D eigenvalue weighted by atomic mass is 10.1. The molecule has 0 amide bonds. The molecule has 0 bridgehead atoms. The molecule has 3 N–H and O–H groups in total. The fourth-order valence-corrected chi connectivity index (χ4v) is 2.01. The lowest BCUT2D eigenvalue weighted by Crippen LogP contribution is -2.09. The molecule has 7 heteroatoms. The summed E-state index contributed by atoms with van der Waals surface area (Å²) in [5, 5.41) is 3.38. The summed E-state index contributed by atoms with van der Waals surface area (Å²) < 4.78 is 10.5. The average molecular weight is 309 g/mol. The van der Waals surface area contributed by atoms with Crippen LogP contribution in [0, 0.1) is 0 Å². The van der Waals surface area contributed by atoms with Crippen LogP contribution in [0.25, 0.3) is 0 Å². The van der Waals surface area contributed by atoms with E-state index in [-0.39, 0.29) is 5.15 Å². The number of halogens is 1. The van der Waals surface area contributed by atoms with Crippen molar-refractivity contribution < 1.29 is 9.47 Å². The first-order chi connectivity index (χ1) is 10.2. The Morgan fingerprint density at radius 3 is 2.67 bits per heavy atom. The van der Waals surface area contributed by atoms with E-state index in [0.717, 1.165) is 12.0 Å². The molecule has 2 rings (SSSR count). The molecule has 0 saturated carbocycles. The highest BCUT2D eigenvalue weighted by molar-refractivity contribution is 6.32. The number of hydrogen-bond donors (Lipinski definition) is 2. The quantitative estimate of drug-likeness (QED) is 0.797. The number of nitrogens with zero attached hydrogens (tertiary/aromatic N) is 2. The van der Waals surface area contributed by atoms with Gasteiger partial charge in [-0.25, -0.2) is 9.97 Å². The second kappa shape index (κ2) is 6.99. The molecule has 0 fully saturated rings. The predicted octanol–water partition coefficient (Wildman–Crippen LogP) is 2.38. The molecule has 0 unspecified atom stereocenters. The van der Waals surface area contributed by atoms with Crippen molar-refractivity contribution in [1.82, 2.24) is 9.97 Å². The Balaban J connectivity index is 1.99. The third-order valence-corrected chi connectivity index (χ3v) is 3.29. The molecule has 0 aliphatic heterocycles. The van der Waals surface area contributed by atoms with Crippen molar-refractivity contribution in [3.63, 3.8) is 0 Å². The van der Waals surface area contributed by atoms with E-state index < -0.39 is 0 Å². The second-order valence-electron chi connectivity index (χ2n) is 4.29. The Hall–Kier alpha value is -2.21. The molecule has 0 aliphatic carbocycles. The first kappa shape index (κ1) is 15.2. The maximum absolute atomic E-state index is 5.84. The molecule has 0 radical (unpaired) electrons. The van der Waals surface area contributed by atoms with Crippen molar-refractivity contribution in [2.75, 3.05) is 31.8 Å². The molecule has 0 spiro atoms. The number of methoxy groups -OCH3 is 2. The van der Waals surface area contributed by atoms with Crippen LogP contribution in [0.3, 0.4) is 0 Å². The van der Waals surface area contributed by atoms with Crippen LogP contribution in [0.5, 0.6) is 11.5 Å². The van der Waals surface area contributed by atoms with E-state index in [4.69, 9.17) is 26.8 Å². The molecule has 21 heavy (non-hydrogen) atoms. The average Bonchev–Trinajstić information content (AvgIpc) is 2.51. The van der Waals surface area contributed by atoms with E-state index in [1.165, 1.54) is 6.33 Å². The summed E-state index contributed by atoms with van der Waals surface area (Å²) in [5.74, 6) is 1.95. The highest BCUT2D eigenvalue weighted by Crippen LogP contribution is 2.28. The van der Waals surface area contributed by atoms with Gasteiger partial charge in [-0.05, 0) is 24.1 Å². The Bertz CT molecular complexity index is 622. The highest BCUT2D eigenvalue weighted by atomic mass is 35.5. The Morgan fingerprint density at radius 1 is 1.19 bits per heavy atom. The second-order valence-corrected chi connectivity index (χ2v) is 4.65. The summed E-state index contributed by atoms with van der Waals surface area (Å²) in [6.45, 7) is 0.660. The molecule has 1 aromatic carbocycles. The molecular weight excluding hydrogens is 292 g/mol. The molecule has 112 valence electrons. The fraction of sp³-hybridized carbons (Fsp3) is 0.286. The molecule has 0 atom stereocenters. The Labute approximate surface area is 128 Å². The number of anilines is 2. The van der Waals surface area contributed by atoms with Crippen LogP contribution in [0.2, 0.25) is 5.15 Å². The minimum absolute atomic E-state index is 0.249. The van der Waals surface area contributed by atoms with Gasteiger partial charge >= 0.3 is 0 Å². The van der Waals surface area contributed by atoms with Crippen LogP contribution in [-0.4, -0.2) is 30.7 Å². The number of aromatic nitrogens is 2. The van der Waals surface area contributed by atoms with Crippen molar-refractivity contribution in [2.24, 2.45) is 0 Å². The Kier molecular flexibility index (Phi) is 5.05. The molecule has 6 nitrogen and oxygen atoms in total. The summed E-state index contributed by atoms with van der Waals surface area (Å²) >= 11 is 5.84. The van der Waals surface area contributed by atoms with Crippen molar-refractivity contribution in [3.8, 4) is 11.5 Å². The van der Waals surface area contributed by atoms with Gasteiger partial charge < -0.3 is 20.5 Å². The predicted molar refractivity (Wildman–Crippen MR) is 83.2 cm³/mol. The van der Waals surface area contributed by atoms with Crippen molar-refractivity contribution >= 4 is 23.1 Å². The summed E-state index contributed by atoms with van der Waals surface area (Å²) in [7, 11) is 3.23. The summed E-state index contributed by atoms with van der Waals surface area (Å²) in [4.78, 5) is 7.86. The van der Waals surface area contributed by atoms with Gasteiger partial charge in [0, 0.05) is 6.54 Å². The van der Waals surface area contributed by atoms with Gasteiger partial charge in [0.25, 0.3) is 0 Å². The van der Waals surface area contributed by atoms with E-state index in [0.29, 0.717) is 29.5 Å². The number of nitrogens with one attached hydrogen (secondary N) is 1. The normalized spacial score (nSPS) is 10.2. The van der Waals surface area contributed by atoms with E-state index in [9.17, 15) is 0 Å². The zero-order valence-corrected chi connectivity index (χ0v) is 12.6. The van der Waals surface area contributed by atoms with E-state index >= 15 is 0 Å². The van der Waals surface area contributed by atoms with Crippen LogP contribution in [0.1, 0.15) is 5.56 Å².